The summed E-state index contributed by atoms with van der Waals surface area (Å²) in [6.45, 7) is 5.99. The number of carbonyl (C=O) groups excluding carboxylic acids is 1. The molecule has 0 aliphatic carbocycles. The van der Waals surface area contributed by atoms with Gasteiger partial charge in [-0.3, -0.25) is 0 Å². The van der Waals surface area contributed by atoms with Gasteiger partial charge < -0.3 is 14.2 Å². The highest BCUT2D eigenvalue weighted by Crippen LogP contribution is 2.41. The van der Waals surface area contributed by atoms with Gasteiger partial charge in [0.25, 0.3) is 0 Å². The van der Waals surface area contributed by atoms with Gasteiger partial charge in [0.05, 0.1) is 7.11 Å². The zero-order valence-corrected chi connectivity index (χ0v) is 14.6. The van der Waals surface area contributed by atoms with Crippen LogP contribution in [0.5, 0.6) is 0 Å². The molecule has 128 valence electrons. The Morgan fingerprint density at radius 1 is 0.958 bits per heavy atom. The van der Waals surface area contributed by atoms with E-state index in [1.54, 1.807) is 0 Å². The van der Waals surface area contributed by atoms with Crippen molar-refractivity contribution in [2.24, 2.45) is 0 Å². The molecule has 2 aromatic rings. The number of hydrogen-bond acceptors (Lipinski definition) is 4. The van der Waals surface area contributed by atoms with Crippen molar-refractivity contribution in [2.75, 3.05) is 7.11 Å². The van der Waals surface area contributed by atoms with Gasteiger partial charge in [0, 0.05) is 5.56 Å². The zero-order chi connectivity index (χ0) is 17.5. The molecule has 1 aliphatic heterocycles. The molecular formula is C20H24O4. The molecule has 1 heterocycles. The first-order chi connectivity index (χ1) is 11.7. The van der Waals surface area contributed by atoms with Crippen LogP contribution in [0.1, 0.15) is 42.9 Å². The van der Waals surface area contributed by atoms with Crippen LogP contribution >= 0.6 is 0 Å². The average Bonchev–Trinajstić information content (AvgIpc) is 3.09. The third kappa shape index (κ3) is 3.83. The Morgan fingerprint density at radius 2 is 1.58 bits per heavy atom. The van der Waals surface area contributed by atoms with Crippen LogP contribution in [0.25, 0.3) is 0 Å². The Morgan fingerprint density at radius 3 is 2.21 bits per heavy atom. The minimum absolute atomic E-state index is 0.424. The fraction of sp³-hybridized carbons (Fsp3) is 0.350. The van der Waals surface area contributed by atoms with E-state index in [1.165, 1.54) is 7.11 Å². The average molecular weight is 328 g/mol. The molecule has 1 saturated heterocycles. The van der Waals surface area contributed by atoms with Crippen molar-refractivity contribution < 1.29 is 19.0 Å². The van der Waals surface area contributed by atoms with Gasteiger partial charge in [0.15, 0.2) is 12.4 Å². The van der Waals surface area contributed by atoms with E-state index in [2.05, 4.69) is 0 Å². The molecule has 0 bridgehead atoms. The first-order valence-corrected chi connectivity index (χ1v) is 8.20. The molecule has 0 radical (unpaired) electrons. The number of esters is 1. The molecule has 24 heavy (non-hydrogen) atoms. The highest BCUT2D eigenvalue weighted by atomic mass is 16.7. The molecule has 4 nitrogen and oxygen atoms in total. The van der Waals surface area contributed by atoms with Crippen LogP contribution < -0.4 is 0 Å². The number of methoxy groups -OCH3 is 1. The zero-order valence-electron chi connectivity index (χ0n) is 14.6. The number of aryl methyl sites for hydroxylation is 1. The summed E-state index contributed by atoms with van der Waals surface area (Å²) < 4.78 is 16.7. The SMILES string of the molecule is CC.COC(=O)C1OC(c2ccccc2)OC1c1ccccc1C. The van der Waals surface area contributed by atoms with Crippen LogP contribution in [0.4, 0.5) is 0 Å². The first kappa shape index (κ1) is 18.2. The fourth-order valence-electron chi connectivity index (χ4n) is 2.65. The maximum absolute atomic E-state index is 12.1. The van der Waals surface area contributed by atoms with Gasteiger partial charge in [-0.2, -0.15) is 0 Å². The molecule has 4 heteroatoms. The van der Waals surface area contributed by atoms with E-state index < -0.39 is 24.5 Å². The van der Waals surface area contributed by atoms with Crippen LogP contribution in [-0.4, -0.2) is 19.2 Å². The summed E-state index contributed by atoms with van der Waals surface area (Å²) >= 11 is 0. The van der Waals surface area contributed by atoms with Crippen LogP contribution in [0.2, 0.25) is 0 Å². The van der Waals surface area contributed by atoms with Crippen molar-refractivity contribution in [2.45, 2.75) is 39.3 Å². The van der Waals surface area contributed by atoms with Crippen molar-refractivity contribution in [3.8, 4) is 0 Å². The Labute approximate surface area is 143 Å². The molecule has 0 N–H and O–H groups in total. The van der Waals surface area contributed by atoms with Gasteiger partial charge in [-0.25, -0.2) is 4.79 Å². The highest BCUT2D eigenvalue weighted by Gasteiger charge is 2.43. The molecule has 0 amide bonds. The smallest absolute Gasteiger partial charge is 0.338 e. The van der Waals surface area contributed by atoms with Crippen LogP contribution in [-0.2, 0) is 19.0 Å². The summed E-state index contributed by atoms with van der Waals surface area (Å²) in [5.74, 6) is -0.424. The lowest BCUT2D eigenvalue weighted by Gasteiger charge is -2.16. The summed E-state index contributed by atoms with van der Waals surface area (Å²) in [5.41, 5.74) is 2.88. The minimum atomic E-state index is -0.767. The van der Waals surface area contributed by atoms with E-state index in [0.29, 0.717) is 0 Å². The van der Waals surface area contributed by atoms with E-state index >= 15 is 0 Å². The van der Waals surface area contributed by atoms with E-state index in [-0.39, 0.29) is 0 Å². The molecule has 0 aromatic heterocycles. The number of carbonyl (C=O) groups is 1. The van der Waals surface area contributed by atoms with E-state index in [9.17, 15) is 4.79 Å². The van der Waals surface area contributed by atoms with Gasteiger partial charge >= 0.3 is 5.97 Å². The predicted molar refractivity (Wildman–Crippen MR) is 92.4 cm³/mol. The summed E-state index contributed by atoms with van der Waals surface area (Å²) in [5, 5.41) is 0. The van der Waals surface area contributed by atoms with Crippen LogP contribution in [0.15, 0.2) is 54.6 Å². The second-order valence-electron chi connectivity index (χ2n) is 5.24. The number of ether oxygens (including phenoxy) is 3. The van der Waals surface area contributed by atoms with E-state index in [0.717, 1.165) is 16.7 Å². The van der Waals surface area contributed by atoms with Crippen molar-refractivity contribution in [3.63, 3.8) is 0 Å². The molecular weight excluding hydrogens is 304 g/mol. The Kier molecular flexibility index (Phi) is 6.53. The van der Waals surface area contributed by atoms with Gasteiger partial charge in [-0.15, -0.1) is 0 Å². The van der Waals surface area contributed by atoms with Crippen molar-refractivity contribution in [1.82, 2.24) is 0 Å². The summed E-state index contributed by atoms with van der Waals surface area (Å²) in [7, 11) is 1.36. The summed E-state index contributed by atoms with van der Waals surface area (Å²) in [4.78, 5) is 12.1. The van der Waals surface area contributed by atoms with E-state index in [1.807, 2.05) is 75.4 Å². The Hall–Kier alpha value is -2.17. The molecule has 1 aliphatic rings. The largest absolute Gasteiger partial charge is 0.467 e. The molecule has 3 atom stereocenters. The molecule has 3 unspecified atom stereocenters. The Bertz CT molecular complexity index is 654. The highest BCUT2D eigenvalue weighted by molar-refractivity contribution is 5.76. The number of rotatable bonds is 3. The monoisotopic (exact) mass is 328 g/mol. The van der Waals surface area contributed by atoms with E-state index in [4.69, 9.17) is 14.2 Å². The second-order valence-corrected chi connectivity index (χ2v) is 5.24. The fourth-order valence-corrected chi connectivity index (χ4v) is 2.65. The minimum Gasteiger partial charge on any atom is -0.467 e. The van der Waals surface area contributed by atoms with Crippen molar-refractivity contribution in [1.29, 1.82) is 0 Å². The maximum Gasteiger partial charge on any atom is 0.338 e. The summed E-state index contributed by atoms with van der Waals surface area (Å²) in [6, 6.07) is 17.4. The Balaban J connectivity index is 0.00000100. The topological polar surface area (TPSA) is 44.8 Å². The molecule has 3 rings (SSSR count). The van der Waals surface area contributed by atoms with Gasteiger partial charge in [-0.1, -0.05) is 68.4 Å². The molecule has 0 saturated carbocycles. The van der Waals surface area contributed by atoms with Gasteiger partial charge in [0.2, 0.25) is 0 Å². The molecule has 0 spiro atoms. The number of hydrogen-bond donors (Lipinski definition) is 0. The standard InChI is InChI=1S/C18H18O4.C2H6/c1-12-8-6-7-11-14(12)15-16(17(19)20-2)22-18(21-15)13-9-4-3-5-10-13;1-2/h3-11,15-16,18H,1-2H3;1-2H3. The van der Waals surface area contributed by atoms with Crippen molar-refractivity contribution in [3.05, 3.63) is 71.3 Å². The summed E-state index contributed by atoms with van der Waals surface area (Å²) in [6.07, 6.45) is -1.81. The quantitative estimate of drug-likeness (QED) is 0.786. The van der Waals surface area contributed by atoms with Crippen LogP contribution in [0.3, 0.4) is 0 Å². The molecule has 1 fully saturated rings. The lowest BCUT2D eigenvalue weighted by atomic mass is 10.00. The predicted octanol–water partition coefficient (Wildman–Crippen LogP) is 4.35. The first-order valence-electron chi connectivity index (χ1n) is 8.20. The number of benzene rings is 2. The lowest BCUT2D eigenvalue weighted by Crippen LogP contribution is -2.27. The van der Waals surface area contributed by atoms with Crippen LogP contribution in [0, 0.1) is 6.92 Å². The normalized spacial score (nSPS) is 22.4. The second kappa shape index (κ2) is 8.62. The molecule has 2 aromatic carbocycles. The third-order valence-electron chi connectivity index (χ3n) is 3.82. The third-order valence-corrected chi connectivity index (χ3v) is 3.82. The lowest BCUT2D eigenvalue weighted by molar-refractivity contribution is -0.154. The van der Waals surface area contributed by atoms with Gasteiger partial charge in [0.1, 0.15) is 6.10 Å². The van der Waals surface area contributed by atoms with Crippen molar-refractivity contribution >= 4 is 5.97 Å². The van der Waals surface area contributed by atoms with Gasteiger partial charge in [-0.05, 0) is 18.1 Å². The maximum atomic E-state index is 12.1.